The lowest BCUT2D eigenvalue weighted by molar-refractivity contribution is 0.102. The molecule has 1 fully saturated rings. The fourth-order valence-electron chi connectivity index (χ4n) is 3.97. The first-order valence-electron chi connectivity index (χ1n) is 11.0. The normalized spacial score (nSPS) is 13.7. The molecule has 2 aromatic carbocycles. The second kappa shape index (κ2) is 9.22. The van der Waals surface area contributed by atoms with Gasteiger partial charge in [0.2, 0.25) is 5.95 Å². The summed E-state index contributed by atoms with van der Waals surface area (Å²) in [5, 5.41) is 5.11. The van der Waals surface area contributed by atoms with E-state index in [-0.39, 0.29) is 17.3 Å². The molecule has 34 heavy (non-hydrogen) atoms. The lowest BCUT2D eigenvalue weighted by Gasteiger charge is -2.35. The third-order valence-electron chi connectivity index (χ3n) is 5.90. The van der Waals surface area contributed by atoms with Crippen molar-refractivity contribution in [3.05, 3.63) is 72.6 Å². The Morgan fingerprint density at radius 2 is 1.65 bits per heavy atom. The smallest absolute Gasteiger partial charge is 0.260 e. The Morgan fingerprint density at radius 3 is 2.35 bits per heavy atom. The summed E-state index contributed by atoms with van der Waals surface area (Å²) in [6, 6.07) is 17.4. The highest BCUT2D eigenvalue weighted by Crippen LogP contribution is 2.22. The molecule has 0 unspecified atom stereocenters. The predicted octanol–water partition coefficient (Wildman–Crippen LogP) is 3.19. The van der Waals surface area contributed by atoms with E-state index in [9.17, 15) is 4.79 Å². The molecule has 9 nitrogen and oxygen atoms in total. The van der Waals surface area contributed by atoms with Gasteiger partial charge in [0, 0.05) is 49.6 Å². The van der Waals surface area contributed by atoms with E-state index in [4.69, 9.17) is 10.5 Å². The second-order valence-corrected chi connectivity index (χ2v) is 8.02. The van der Waals surface area contributed by atoms with Crippen LogP contribution < -0.4 is 25.6 Å². The van der Waals surface area contributed by atoms with Crippen LogP contribution in [0.5, 0.6) is 5.75 Å². The summed E-state index contributed by atoms with van der Waals surface area (Å²) >= 11 is 0. The minimum absolute atomic E-state index is 0.148. The number of fused-ring (bicyclic) bond motifs is 1. The Kier molecular flexibility index (Phi) is 5.82. The van der Waals surface area contributed by atoms with Crippen molar-refractivity contribution in [3.8, 4) is 5.75 Å². The SMILES string of the molecule is [11CH3]Oc1ccc(NC(=O)c2cnc(N3CCN(c4cc5ccccc5cn4)CC3)nc2N)cc1. The number of carbonyl (C=O) groups is 1. The number of nitrogens with zero attached hydrogens (tertiary/aromatic N) is 5. The standard InChI is InChI=1S/C25H25N7O2/c1-34-20-8-6-19(7-9-20)29-24(33)21-16-28-25(30-23(21)26)32-12-10-31(11-13-32)22-14-17-4-2-3-5-18(17)15-27-22/h2-9,14-16H,10-13H2,1H3,(H,29,33)(H2,26,28,30)/i1-1. The van der Waals surface area contributed by atoms with Crippen molar-refractivity contribution in [1.82, 2.24) is 15.0 Å². The second-order valence-electron chi connectivity index (χ2n) is 8.02. The first kappa shape index (κ1) is 21.4. The molecule has 1 aliphatic rings. The van der Waals surface area contributed by atoms with Crippen molar-refractivity contribution in [2.75, 3.05) is 54.1 Å². The van der Waals surface area contributed by atoms with E-state index in [0.717, 1.165) is 37.4 Å². The summed E-state index contributed by atoms with van der Waals surface area (Å²) in [6.07, 6.45) is 3.39. The third-order valence-corrected chi connectivity index (χ3v) is 5.90. The van der Waals surface area contributed by atoms with E-state index in [1.807, 2.05) is 18.3 Å². The van der Waals surface area contributed by atoms with Gasteiger partial charge in [-0.15, -0.1) is 0 Å². The molecular formula is C25H25N7O2. The Hall–Kier alpha value is -4.40. The molecule has 172 valence electrons. The van der Waals surface area contributed by atoms with Gasteiger partial charge in [0.25, 0.3) is 5.91 Å². The molecule has 0 aliphatic carbocycles. The van der Waals surface area contributed by atoms with Gasteiger partial charge in [-0.1, -0.05) is 24.3 Å². The summed E-state index contributed by atoms with van der Waals surface area (Å²) in [5.41, 5.74) is 6.99. The summed E-state index contributed by atoms with van der Waals surface area (Å²) in [6.45, 7) is 3.03. The van der Waals surface area contributed by atoms with Gasteiger partial charge in [-0.25, -0.2) is 9.97 Å². The number of piperazine rings is 1. The Morgan fingerprint density at radius 1 is 0.941 bits per heavy atom. The minimum atomic E-state index is -0.360. The van der Waals surface area contributed by atoms with Crippen LogP contribution in [0.15, 0.2) is 67.0 Å². The van der Waals surface area contributed by atoms with Crippen molar-refractivity contribution in [2.24, 2.45) is 0 Å². The van der Waals surface area contributed by atoms with Crippen LogP contribution in [-0.4, -0.2) is 54.1 Å². The van der Waals surface area contributed by atoms with E-state index in [2.05, 4.69) is 48.3 Å². The fraction of sp³-hybridized carbons (Fsp3) is 0.200. The monoisotopic (exact) mass is 454 g/mol. The number of aromatic nitrogens is 3. The minimum Gasteiger partial charge on any atom is -0.497 e. The lowest BCUT2D eigenvalue weighted by Crippen LogP contribution is -2.47. The third kappa shape index (κ3) is 4.40. The molecule has 1 aliphatic heterocycles. The summed E-state index contributed by atoms with van der Waals surface area (Å²) in [5.74, 6) is 1.98. The van der Waals surface area contributed by atoms with Gasteiger partial charge in [0.05, 0.1) is 7.11 Å². The first-order valence-corrected chi connectivity index (χ1v) is 11.0. The van der Waals surface area contributed by atoms with Crippen LogP contribution in [0.2, 0.25) is 0 Å². The molecule has 2 aromatic heterocycles. The lowest BCUT2D eigenvalue weighted by atomic mass is 10.2. The molecule has 5 rings (SSSR count). The van der Waals surface area contributed by atoms with Crippen molar-refractivity contribution in [1.29, 1.82) is 0 Å². The van der Waals surface area contributed by atoms with E-state index < -0.39 is 0 Å². The van der Waals surface area contributed by atoms with Gasteiger partial charge in [-0.3, -0.25) is 4.79 Å². The van der Waals surface area contributed by atoms with Crippen LogP contribution in [0.25, 0.3) is 10.8 Å². The number of benzene rings is 2. The Bertz CT molecular complexity index is 1320. The largest absolute Gasteiger partial charge is 0.497 e. The van der Waals surface area contributed by atoms with Crippen LogP contribution in [0.4, 0.5) is 23.3 Å². The van der Waals surface area contributed by atoms with Crippen LogP contribution in [0.1, 0.15) is 10.4 Å². The number of carbonyl (C=O) groups excluding carboxylic acids is 1. The molecule has 0 atom stereocenters. The Balaban J connectivity index is 1.23. The molecule has 0 spiro atoms. The van der Waals surface area contributed by atoms with E-state index in [1.165, 1.54) is 11.6 Å². The van der Waals surface area contributed by atoms with Gasteiger partial charge < -0.3 is 25.6 Å². The van der Waals surface area contributed by atoms with Crippen molar-refractivity contribution in [2.45, 2.75) is 0 Å². The number of anilines is 4. The van der Waals surface area contributed by atoms with Crippen LogP contribution in [-0.2, 0) is 0 Å². The number of nitrogens with one attached hydrogen (secondary N) is 1. The highest BCUT2D eigenvalue weighted by molar-refractivity contribution is 6.07. The highest BCUT2D eigenvalue weighted by atomic mass is 16.4. The maximum absolute atomic E-state index is 12.6. The predicted molar refractivity (Wildman–Crippen MR) is 134 cm³/mol. The first-order chi connectivity index (χ1) is 16.6. The molecule has 3 heterocycles. The number of hydrogen-bond donors (Lipinski definition) is 2. The average Bonchev–Trinajstić information content (AvgIpc) is 2.89. The number of nitrogens with two attached hydrogens (primary N) is 1. The van der Waals surface area contributed by atoms with Gasteiger partial charge in [0.15, 0.2) is 0 Å². The zero-order chi connectivity index (χ0) is 23.5. The van der Waals surface area contributed by atoms with E-state index in [0.29, 0.717) is 17.4 Å². The molecule has 1 amide bonds. The van der Waals surface area contributed by atoms with Gasteiger partial charge in [-0.2, -0.15) is 4.98 Å². The number of amides is 1. The summed E-state index contributed by atoms with van der Waals surface area (Å²) in [4.78, 5) is 30.4. The van der Waals surface area contributed by atoms with Crippen LogP contribution in [0.3, 0.4) is 0 Å². The number of nitrogen functional groups attached to an aromatic ring is 1. The fourth-order valence-corrected chi connectivity index (χ4v) is 3.97. The van der Waals surface area contributed by atoms with Gasteiger partial charge >= 0.3 is 0 Å². The summed E-state index contributed by atoms with van der Waals surface area (Å²) < 4.78 is 5.13. The number of rotatable bonds is 5. The zero-order valence-electron chi connectivity index (χ0n) is 18.8. The molecular weight excluding hydrogens is 429 g/mol. The highest BCUT2D eigenvalue weighted by Gasteiger charge is 2.22. The number of ether oxygens (including phenoxy) is 1. The van der Waals surface area contributed by atoms with Crippen molar-refractivity contribution < 1.29 is 9.53 Å². The quantitative estimate of drug-likeness (QED) is 0.473. The van der Waals surface area contributed by atoms with Crippen molar-refractivity contribution in [3.63, 3.8) is 0 Å². The maximum atomic E-state index is 12.6. The molecule has 1 saturated heterocycles. The van der Waals surface area contributed by atoms with Crippen molar-refractivity contribution >= 4 is 40.0 Å². The van der Waals surface area contributed by atoms with Crippen LogP contribution in [0, 0.1) is 0 Å². The van der Waals surface area contributed by atoms with Crippen LogP contribution >= 0.6 is 0 Å². The maximum Gasteiger partial charge on any atom is 0.260 e. The van der Waals surface area contributed by atoms with Gasteiger partial charge in [-0.05, 0) is 35.7 Å². The molecule has 9 heteroatoms. The molecule has 3 N–H and O–H groups in total. The average molecular weight is 455 g/mol. The molecule has 0 radical (unpaired) electrons. The number of hydrogen-bond acceptors (Lipinski definition) is 8. The topological polar surface area (TPSA) is 110 Å². The zero-order valence-corrected chi connectivity index (χ0v) is 18.8. The van der Waals surface area contributed by atoms with Gasteiger partial charge in [0.1, 0.15) is 22.9 Å². The number of methoxy groups -OCH3 is 1. The molecule has 0 saturated carbocycles. The number of pyridine rings is 1. The summed E-state index contributed by atoms with van der Waals surface area (Å²) in [7, 11) is 1.59. The molecule has 4 aromatic rings. The van der Waals surface area contributed by atoms with E-state index >= 15 is 0 Å². The Labute approximate surface area is 197 Å². The molecule has 0 bridgehead atoms. The van der Waals surface area contributed by atoms with E-state index in [1.54, 1.807) is 31.4 Å².